The SMILES string of the molecule is Clc1ccc(CCC2(Cn3ccnc3)OCC(CSc3ccc(Br)cc3)O2)cc1. The lowest BCUT2D eigenvalue weighted by Crippen LogP contribution is -2.37. The van der Waals surface area contributed by atoms with Crippen molar-refractivity contribution in [3.8, 4) is 0 Å². The van der Waals surface area contributed by atoms with Gasteiger partial charge in [0.05, 0.1) is 25.6 Å². The van der Waals surface area contributed by atoms with Gasteiger partial charge in [-0.2, -0.15) is 0 Å². The number of imidazole rings is 1. The Morgan fingerprint density at radius 3 is 2.69 bits per heavy atom. The van der Waals surface area contributed by atoms with E-state index in [1.807, 2.05) is 22.9 Å². The molecule has 152 valence electrons. The highest BCUT2D eigenvalue weighted by atomic mass is 79.9. The van der Waals surface area contributed by atoms with E-state index < -0.39 is 5.79 Å². The molecule has 1 aliphatic heterocycles. The van der Waals surface area contributed by atoms with Gasteiger partial charge >= 0.3 is 0 Å². The van der Waals surface area contributed by atoms with E-state index in [0.717, 1.165) is 28.1 Å². The minimum absolute atomic E-state index is 0.0531. The molecule has 1 aliphatic rings. The third kappa shape index (κ3) is 5.86. The molecule has 0 aliphatic carbocycles. The van der Waals surface area contributed by atoms with Crippen molar-refractivity contribution in [2.45, 2.75) is 36.2 Å². The van der Waals surface area contributed by atoms with Gasteiger partial charge in [-0.05, 0) is 48.4 Å². The maximum absolute atomic E-state index is 6.49. The molecule has 0 radical (unpaired) electrons. The van der Waals surface area contributed by atoms with Crippen molar-refractivity contribution in [3.05, 3.63) is 82.3 Å². The maximum Gasteiger partial charge on any atom is 0.187 e. The maximum atomic E-state index is 6.49. The molecule has 1 fully saturated rings. The van der Waals surface area contributed by atoms with Crippen LogP contribution in [0.15, 0.2) is 76.6 Å². The molecule has 2 unspecified atom stereocenters. The normalized spacial score (nSPS) is 21.5. The standard InChI is InChI=1S/C22H22BrClN2O2S/c23-18-3-7-21(8-4-18)29-14-20-13-27-22(28-20,15-26-12-11-25-16-26)10-9-17-1-5-19(24)6-2-17/h1-8,11-12,16,20H,9-10,13-15H2. The van der Waals surface area contributed by atoms with Crippen LogP contribution in [-0.4, -0.2) is 33.8 Å². The lowest BCUT2D eigenvalue weighted by Gasteiger charge is -2.28. The Kier molecular flexibility index (Phi) is 6.98. The van der Waals surface area contributed by atoms with Gasteiger partial charge in [-0.3, -0.25) is 0 Å². The van der Waals surface area contributed by atoms with E-state index in [1.165, 1.54) is 10.5 Å². The number of benzene rings is 2. The van der Waals surface area contributed by atoms with Crippen molar-refractivity contribution in [2.75, 3.05) is 12.4 Å². The fraction of sp³-hybridized carbons (Fsp3) is 0.318. The van der Waals surface area contributed by atoms with Crippen molar-refractivity contribution in [1.82, 2.24) is 9.55 Å². The average Bonchev–Trinajstić information content (AvgIpc) is 3.38. The van der Waals surface area contributed by atoms with Crippen LogP contribution in [0.2, 0.25) is 5.02 Å². The number of thioether (sulfide) groups is 1. The van der Waals surface area contributed by atoms with Gasteiger partial charge in [0.25, 0.3) is 0 Å². The molecule has 4 nitrogen and oxygen atoms in total. The zero-order valence-corrected chi connectivity index (χ0v) is 19.0. The molecule has 1 saturated heterocycles. The minimum atomic E-state index is -0.648. The predicted molar refractivity (Wildman–Crippen MR) is 120 cm³/mol. The molecule has 0 N–H and O–H groups in total. The Balaban J connectivity index is 1.40. The Hall–Kier alpha value is -1.31. The van der Waals surface area contributed by atoms with E-state index in [0.29, 0.717) is 13.2 Å². The van der Waals surface area contributed by atoms with E-state index in [1.54, 1.807) is 24.3 Å². The molecule has 0 saturated carbocycles. The van der Waals surface area contributed by atoms with Crippen molar-refractivity contribution in [1.29, 1.82) is 0 Å². The molecule has 2 aromatic carbocycles. The highest BCUT2D eigenvalue weighted by Gasteiger charge is 2.41. The number of nitrogens with zero attached hydrogens (tertiary/aromatic N) is 2. The van der Waals surface area contributed by atoms with Gasteiger partial charge < -0.3 is 14.0 Å². The lowest BCUT2D eigenvalue weighted by atomic mass is 10.0. The Labute approximate surface area is 188 Å². The second-order valence-corrected chi connectivity index (χ2v) is 9.53. The second kappa shape index (κ2) is 9.67. The van der Waals surface area contributed by atoms with Crippen LogP contribution in [0.25, 0.3) is 0 Å². The molecular formula is C22H22BrClN2O2S. The van der Waals surface area contributed by atoms with Crippen molar-refractivity contribution in [2.24, 2.45) is 0 Å². The second-order valence-electron chi connectivity index (χ2n) is 7.09. The van der Waals surface area contributed by atoms with Crippen LogP contribution in [0.4, 0.5) is 0 Å². The first-order chi connectivity index (χ1) is 14.1. The van der Waals surface area contributed by atoms with Gasteiger partial charge in [0.15, 0.2) is 5.79 Å². The van der Waals surface area contributed by atoms with Gasteiger partial charge in [0.1, 0.15) is 0 Å². The summed E-state index contributed by atoms with van der Waals surface area (Å²) < 4.78 is 15.9. The van der Waals surface area contributed by atoms with Gasteiger partial charge in [-0.1, -0.05) is 39.7 Å². The zero-order chi connectivity index (χ0) is 20.1. The number of halogens is 2. The van der Waals surface area contributed by atoms with E-state index in [9.17, 15) is 0 Å². The van der Waals surface area contributed by atoms with E-state index in [-0.39, 0.29) is 6.10 Å². The predicted octanol–water partition coefficient (Wildman–Crippen LogP) is 5.84. The van der Waals surface area contributed by atoms with Crippen molar-refractivity contribution < 1.29 is 9.47 Å². The van der Waals surface area contributed by atoms with Crippen LogP contribution >= 0.6 is 39.3 Å². The average molecular weight is 494 g/mol. The number of rotatable bonds is 8. The summed E-state index contributed by atoms with van der Waals surface area (Å²) >= 11 is 11.3. The Morgan fingerprint density at radius 1 is 1.17 bits per heavy atom. The van der Waals surface area contributed by atoms with Crippen molar-refractivity contribution in [3.63, 3.8) is 0 Å². The fourth-order valence-corrected chi connectivity index (χ4v) is 4.62. The number of aryl methyl sites for hydroxylation is 1. The monoisotopic (exact) mass is 492 g/mol. The van der Waals surface area contributed by atoms with Crippen molar-refractivity contribution >= 4 is 39.3 Å². The lowest BCUT2D eigenvalue weighted by molar-refractivity contribution is -0.180. The number of ether oxygens (including phenoxy) is 2. The molecule has 1 aromatic heterocycles. The Bertz CT molecular complexity index is 906. The molecule has 0 bridgehead atoms. The first kappa shape index (κ1) is 20.9. The fourth-order valence-electron chi connectivity index (χ4n) is 3.36. The first-order valence-corrected chi connectivity index (χ1v) is 11.7. The van der Waals surface area contributed by atoms with Crippen LogP contribution < -0.4 is 0 Å². The third-order valence-corrected chi connectivity index (χ3v) is 6.78. The summed E-state index contributed by atoms with van der Waals surface area (Å²) in [4.78, 5) is 5.38. The Morgan fingerprint density at radius 2 is 1.97 bits per heavy atom. The van der Waals surface area contributed by atoms with Gasteiger partial charge in [-0.15, -0.1) is 11.8 Å². The van der Waals surface area contributed by atoms with Gasteiger partial charge in [0.2, 0.25) is 0 Å². The first-order valence-electron chi connectivity index (χ1n) is 9.51. The molecule has 7 heteroatoms. The summed E-state index contributed by atoms with van der Waals surface area (Å²) in [7, 11) is 0. The molecule has 3 aromatic rings. The highest BCUT2D eigenvalue weighted by molar-refractivity contribution is 9.10. The molecule has 29 heavy (non-hydrogen) atoms. The number of hydrogen-bond acceptors (Lipinski definition) is 4. The number of hydrogen-bond donors (Lipinski definition) is 0. The van der Waals surface area contributed by atoms with Crippen LogP contribution in [0.3, 0.4) is 0 Å². The van der Waals surface area contributed by atoms with E-state index >= 15 is 0 Å². The van der Waals surface area contributed by atoms with Crippen LogP contribution in [0.5, 0.6) is 0 Å². The smallest absolute Gasteiger partial charge is 0.187 e. The molecule has 0 amide bonds. The van der Waals surface area contributed by atoms with E-state index in [2.05, 4.69) is 57.3 Å². The molecule has 2 atom stereocenters. The largest absolute Gasteiger partial charge is 0.345 e. The number of aromatic nitrogens is 2. The van der Waals surface area contributed by atoms with Gasteiger partial charge in [-0.25, -0.2) is 4.98 Å². The van der Waals surface area contributed by atoms with Crippen LogP contribution in [0.1, 0.15) is 12.0 Å². The quantitative estimate of drug-likeness (QED) is 0.370. The summed E-state index contributed by atoms with van der Waals surface area (Å²) in [5.74, 6) is 0.208. The summed E-state index contributed by atoms with van der Waals surface area (Å²) in [6.45, 7) is 1.22. The molecule has 4 rings (SSSR count). The molecular weight excluding hydrogens is 472 g/mol. The highest BCUT2D eigenvalue weighted by Crippen LogP contribution is 2.33. The summed E-state index contributed by atoms with van der Waals surface area (Å²) in [5, 5.41) is 0.750. The summed E-state index contributed by atoms with van der Waals surface area (Å²) in [6.07, 6.45) is 7.21. The van der Waals surface area contributed by atoms with E-state index in [4.69, 9.17) is 21.1 Å². The molecule has 0 spiro atoms. The van der Waals surface area contributed by atoms with Crippen LogP contribution in [0, 0.1) is 0 Å². The van der Waals surface area contributed by atoms with Gasteiger partial charge in [0, 0.05) is 39.0 Å². The minimum Gasteiger partial charge on any atom is -0.345 e. The zero-order valence-electron chi connectivity index (χ0n) is 15.8. The molecule has 2 heterocycles. The summed E-state index contributed by atoms with van der Waals surface area (Å²) in [6, 6.07) is 16.3. The van der Waals surface area contributed by atoms with Crippen LogP contribution in [-0.2, 0) is 22.4 Å². The summed E-state index contributed by atoms with van der Waals surface area (Å²) in [5.41, 5.74) is 1.22. The topological polar surface area (TPSA) is 36.3 Å². The third-order valence-electron chi connectivity index (χ3n) is 4.85.